The number of hydrogen-bond acceptors (Lipinski definition) is 4. The first-order valence-electron chi connectivity index (χ1n) is 12.0. The van der Waals surface area contributed by atoms with Crippen LogP contribution in [0.4, 0.5) is 0 Å². The molecule has 0 aromatic carbocycles. The zero-order chi connectivity index (χ0) is 22.6. The van der Waals surface area contributed by atoms with Crippen LogP contribution >= 0.6 is 0 Å². The number of carbonyl (C=O) groups excluding carboxylic acids is 3. The quantitative estimate of drug-likeness (QED) is 0.146. The standard InChI is InChI=1S/C25H45NO4/c1-5-6-7-8-9-10-11-12-13-14-15-16-17-18-19-20-25(29)30-21-22(2)26(23(3)27)24(4)28/h12-13,22H,5-11,14-21H2,1-4H3. The van der Waals surface area contributed by atoms with Crippen molar-refractivity contribution in [3.05, 3.63) is 12.2 Å². The van der Waals surface area contributed by atoms with E-state index in [-0.39, 0.29) is 24.4 Å². The fourth-order valence-electron chi connectivity index (χ4n) is 3.54. The van der Waals surface area contributed by atoms with Gasteiger partial charge in [-0.05, 0) is 39.0 Å². The monoisotopic (exact) mass is 423 g/mol. The first-order valence-corrected chi connectivity index (χ1v) is 12.0. The van der Waals surface area contributed by atoms with E-state index in [1.54, 1.807) is 6.92 Å². The summed E-state index contributed by atoms with van der Waals surface area (Å²) < 4.78 is 5.21. The van der Waals surface area contributed by atoms with Gasteiger partial charge in [-0.2, -0.15) is 0 Å². The van der Waals surface area contributed by atoms with Crippen molar-refractivity contribution in [3.8, 4) is 0 Å². The number of rotatable bonds is 18. The highest BCUT2D eigenvalue weighted by atomic mass is 16.5. The molecule has 0 saturated heterocycles. The minimum atomic E-state index is -0.432. The molecule has 0 spiro atoms. The van der Waals surface area contributed by atoms with E-state index in [2.05, 4.69) is 19.1 Å². The molecule has 2 amide bonds. The first kappa shape index (κ1) is 28.4. The molecule has 5 nitrogen and oxygen atoms in total. The van der Waals surface area contributed by atoms with Gasteiger partial charge >= 0.3 is 5.97 Å². The zero-order valence-corrected chi connectivity index (χ0v) is 19.9. The van der Waals surface area contributed by atoms with E-state index in [0.29, 0.717) is 6.42 Å². The van der Waals surface area contributed by atoms with E-state index in [1.807, 2.05) is 0 Å². The predicted molar refractivity (Wildman–Crippen MR) is 123 cm³/mol. The summed E-state index contributed by atoms with van der Waals surface area (Å²) in [5, 5.41) is 0. The van der Waals surface area contributed by atoms with E-state index in [0.717, 1.165) is 30.6 Å². The lowest BCUT2D eigenvalue weighted by molar-refractivity contribution is -0.152. The minimum absolute atomic E-state index is 0.0586. The van der Waals surface area contributed by atoms with Crippen molar-refractivity contribution in [1.29, 1.82) is 0 Å². The molecule has 0 aliphatic rings. The van der Waals surface area contributed by atoms with Crippen molar-refractivity contribution in [1.82, 2.24) is 4.90 Å². The van der Waals surface area contributed by atoms with Gasteiger partial charge in [-0.25, -0.2) is 0 Å². The summed E-state index contributed by atoms with van der Waals surface area (Å²) in [7, 11) is 0. The van der Waals surface area contributed by atoms with E-state index >= 15 is 0 Å². The Morgan fingerprint density at radius 2 is 1.23 bits per heavy atom. The molecule has 0 aromatic rings. The summed E-state index contributed by atoms with van der Waals surface area (Å²) in [6, 6.07) is -0.432. The fraction of sp³-hybridized carbons (Fsp3) is 0.800. The first-order chi connectivity index (χ1) is 14.4. The number of ether oxygens (including phenoxy) is 1. The molecule has 174 valence electrons. The second-order valence-electron chi connectivity index (χ2n) is 8.27. The van der Waals surface area contributed by atoms with Crippen LogP contribution in [0.3, 0.4) is 0 Å². The molecule has 0 fully saturated rings. The summed E-state index contributed by atoms with van der Waals surface area (Å²) in [5.74, 6) is -0.918. The number of amides is 2. The third kappa shape index (κ3) is 16.2. The number of allylic oxidation sites excluding steroid dienone is 2. The highest BCUT2D eigenvalue weighted by Gasteiger charge is 2.22. The number of imide groups is 1. The number of carbonyl (C=O) groups is 3. The van der Waals surface area contributed by atoms with Gasteiger partial charge in [0.15, 0.2) is 0 Å². The Hall–Kier alpha value is -1.65. The maximum absolute atomic E-state index is 11.8. The van der Waals surface area contributed by atoms with Gasteiger partial charge in [-0.15, -0.1) is 0 Å². The highest BCUT2D eigenvalue weighted by Crippen LogP contribution is 2.10. The Morgan fingerprint density at radius 1 is 0.767 bits per heavy atom. The zero-order valence-electron chi connectivity index (χ0n) is 19.9. The molecular formula is C25H45NO4. The van der Waals surface area contributed by atoms with Crippen LogP contribution in [-0.4, -0.2) is 35.3 Å². The maximum atomic E-state index is 11.8. The van der Waals surface area contributed by atoms with Crippen LogP contribution in [-0.2, 0) is 19.1 Å². The highest BCUT2D eigenvalue weighted by molar-refractivity contribution is 5.93. The van der Waals surface area contributed by atoms with Crippen molar-refractivity contribution in [3.63, 3.8) is 0 Å². The van der Waals surface area contributed by atoms with Crippen molar-refractivity contribution >= 4 is 17.8 Å². The molecule has 0 rings (SSSR count). The minimum Gasteiger partial charge on any atom is -0.463 e. The maximum Gasteiger partial charge on any atom is 0.305 e. The number of hydrogen-bond donors (Lipinski definition) is 0. The molecule has 0 N–H and O–H groups in total. The Balaban J connectivity index is 3.55. The summed E-state index contributed by atoms with van der Waals surface area (Å²) in [4.78, 5) is 35.9. The van der Waals surface area contributed by atoms with Gasteiger partial charge in [0.2, 0.25) is 11.8 Å². The van der Waals surface area contributed by atoms with E-state index < -0.39 is 6.04 Å². The number of nitrogens with zero attached hydrogens (tertiary/aromatic N) is 1. The van der Waals surface area contributed by atoms with Crippen LogP contribution in [0, 0.1) is 0 Å². The lowest BCUT2D eigenvalue weighted by atomic mass is 10.1. The molecule has 1 unspecified atom stereocenters. The van der Waals surface area contributed by atoms with E-state index in [9.17, 15) is 14.4 Å². The molecule has 0 bridgehead atoms. The van der Waals surface area contributed by atoms with Crippen LogP contribution in [0.2, 0.25) is 0 Å². The van der Waals surface area contributed by atoms with Gasteiger partial charge in [-0.3, -0.25) is 19.3 Å². The van der Waals surface area contributed by atoms with Crippen molar-refractivity contribution < 1.29 is 19.1 Å². The average molecular weight is 424 g/mol. The van der Waals surface area contributed by atoms with Crippen LogP contribution in [0.5, 0.6) is 0 Å². The molecule has 0 radical (unpaired) electrons. The Morgan fingerprint density at radius 3 is 1.73 bits per heavy atom. The molecule has 1 atom stereocenters. The average Bonchev–Trinajstić information content (AvgIpc) is 2.68. The van der Waals surface area contributed by atoms with Crippen LogP contribution in [0.15, 0.2) is 12.2 Å². The molecule has 0 saturated carbocycles. The topological polar surface area (TPSA) is 63.7 Å². The summed E-state index contributed by atoms with van der Waals surface area (Å²) in [6.07, 6.45) is 20.9. The van der Waals surface area contributed by atoms with Crippen LogP contribution < -0.4 is 0 Å². The lowest BCUT2D eigenvalue weighted by Gasteiger charge is -2.24. The Bertz CT molecular complexity index is 487. The molecule has 0 aliphatic heterocycles. The van der Waals surface area contributed by atoms with Gasteiger partial charge in [0.25, 0.3) is 0 Å². The molecule has 0 aliphatic carbocycles. The number of esters is 1. The second kappa shape index (κ2) is 19.3. The van der Waals surface area contributed by atoms with E-state index in [4.69, 9.17) is 4.74 Å². The van der Waals surface area contributed by atoms with Gasteiger partial charge < -0.3 is 4.74 Å². The summed E-state index contributed by atoms with van der Waals surface area (Å²) in [6.45, 7) is 6.69. The van der Waals surface area contributed by atoms with Crippen molar-refractivity contribution in [2.24, 2.45) is 0 Å². The largest absolute Gasteiger partial charge is 0.463 e. The predicted octanol–water partition coefficient (Wildman–Crippen LogP) is 6.35. The molecule has 5 heteroatoms. The molecule has 30 heavy (non-hydrogen) atoms. The van der Waals surface area contributed by atoms with Crippen LogP contribution in [0.25, 0.3) is 0 Å². The third-order valence-electron chi connectivity index (χ3n) is 5.25. The Kier molecular flexibility index (Phi) is 18.3. The van der Waals surface area contributed by atoms with Crippen molar-refractivity contribution in [2.45, 2.75) is 124 Å². The third-order valence-corrected chi connectivity index (χ3v) is 5.25. The Labute approximate surface area is 184 Å². The van der Waals surface area contributed by atoms with Gasteiger partial charge in [-0.1, -0.05) is 70.4 Å². The number of unbranched alkanes of at least 4 members (excludes halogenated alkanes) is 11. The summed E-state index contributed by atoms with van der Waals surface area (Å²) in [5.41, 5.74) is 0. The SMILES string of the molecule is CCCCCCCCC=CCCCCCCCC(=O)OCC(C)N(C(C)=O)C(C)=O. The summed E-state index contributed by atoms with van der Waals surface area (Å²) >= 11 is 0. The smallest absolute Gasteiger partial charge is 0.305 e. The molecule has 0 heterocycles. The normalized spacial score (nSPS) is 12.1. The lowest BCUT2D eigenvalue weighted by Crippen LogP contribution is -2.43. The molecular weight excluding hydrogens is 378 g/mol. The van der Waals surface area contributed by atoms with Gasteiger partial charge in [0.1, 0.15) is 6.61 Å². The van der Waals surface area contributed by atoms with Crippen molar-refractivity contribution in [2.75, 3.05) is 6.61 Å². The van der Waals surface area contributed by atoms with Gasteiger partial charge in [0.05, 0.1) is 6.04 Å². The van der Waals surface area contributed by atoms with Gasteiger partial charge in [0, 0.05) is 20.3 Å². The fourth-order valence-corrected chi connectivity index (χ4v) is 3.54. The molecule has 0 aromatic heterocycles. The van der Waals surface area contributed by atoms with E-state index in [1.165, 1.54) is 71.6 Å². The second-order valence-corrected chi connectivity index (χ2v) is 8.27. The van der Waals surface area contributed by atoms with Crippen LogP contribution in [0.1, 0.15) is 118 Å².